The highest BCUT2D eigenvalue weighted by Crippen LogP contribution is 2.44. The maximum Gasteiger partial charge on any atom is 0.301 e. The number of ether oxygens (including phenoxy) is 2. The van der Waals surface area contributed by atoms with Gasteiger partial charge in [-0.25, -0.2) is 0 Å². The molecule has 1 unspecified atom stereocenters. The largest absolute Gasteiger partial charge is 0.507 e. The topological polar surface area (TPSA) is 102 Å². The second-order valence-electron chi connectivity index (χ2n) is 6.65. The number of aliphatic hydroxyl groups is 1. The van der Waals surface area contributed by atoms with Crippen LogP contribution in [-0.2, 0) is 9.59 Å². The van der Waals surface area contributed by atoms with E-state index in [1.54, 1.807) is 25.1 Å². The lowest BCUT2D eigenvalue weighted by Crippen LogP contribution is -2.29. The minimum atomic E-state index is -0.787. The summed E-state index contributed by atoms with van der Waals surface area (Å²) in [4.78, 5) is 28.0. The van der Waals surface area contributed by atoms with Gasteiger partial charge in [-0.1, -0.05) is 17.4 Å². The standard InChI is InChI=1S/C20H15N3O5S2/c1-10-21-22-20(30-10)23-16(14-3-2-8-29-14)15(18(25)19(23)26)17(24)11-4-5-12-13(9-11)28-7-6-27-12/h2-5,8-9,16,24H,6-7H2,1H3/b17-15+. The van der Waals surface area contributed by atoms with Crippen LogP contribution >= 0.6 is 22.7 Å². The molecule has 10 heteroatoms. The number of carbonyl (C=O) groups excluding carboxylic acids is 2. The molecule has 4 heterocycles. The number of hydrogen-bond donors (Lipinski definition) is 1. The Morgan fingerprint density at radius 1 is 1.17 bits per heavy atom. The third-order valence-electron chi connectivity index (χ3n) is 4.79. The number of hydrogen-bond acceptors (Lipinski definition) is 9. The predicted octanol–water partition coefficient (Wildman–Crippen LogP) is 3.31. The quantitative estimate of drug-likeness (QED) is 0.378. The van der Waals surface area contributed by atoms with Gasteiger partial charge >= 0.3 is 5.91 Å². The third-order valence-corrected chi connectivity index (χ3v) is 6.56. The fraction of sp³-hybridized carbons (Fsp3) is 0.200. The first kappa shape index (κ1) is 18.8. The molecule has 1 saturated heterocycles. The van der Waals surface area contributed by atoms with Crippen molar-refractivity contribution in [2.45, 2.75) is 13.0 Å². The van der Waals surface area contributed by atoms with E-state index < -0.39 is 17.7 Å². The van der Waals surface area contributed by atoms with E-state index in [0.717, 1.165) is 4.88 Å². The molecular formula is C20H15N3O5S2. The van der Waals surface area contributed by atoms with Crippen molar-refractivity contribution in [1.82, 2.24) is 10.2 Å². The molecule has 0 saturated carbocycles. The summed E-state index contributed by atoms with van der Waals surface area (Å²) in [5.41, 5.74) is 0.374. The fourth-order valence-electron chi connectivity index (χ4n) is 3.48. The van der Waals surface area contributed by atoms with Crippen molar-refractivity contribution in [3.63, 3.8) is 0 Å². The van der Waals surface area contributed by atoms with E-state index in [9.17, 15) is 14.7 Å². The third kappa shape index (κ3) is 2.96. The Bertz CT molecular complexity index is 1190. The van der Waals surface area contributed by atoms with Crippen LogP contribution in [-0.4, -0.2) is 40.2 Å². The van der Waals surface area contributed by atoms with Crippen molar-refractivity contribution in [2.75, 3.05) is 18.1 Å². The molecule has 3 aromatic rings. The van der Waals surface area contributed by atoms with Crippen LogP contribution in [0.5, 0.6) is 11.5 Å². The van der Waals surface area contributed by atoms with Gasteiger partial charge in [0.15, 0.2) is 11.5 Å². The first-order valence-corrected chi connectivity index (χ1v) is 10.8. The molecule has 0 aliphatic carbocycles. The lowest BCUT2D eigenvalue weighted by atomic mass is 9.99. The summed E-state index contributed by atoms with van der Waals surface area (Å²) in [7, 11) is 0. The zero-order valence-corrected chi connectivity index (χ0v) is 17.3. The van der Waals surface area contributed by atoms with Crippen molar-refractivity contribution >= 4 is 45.3 Å². The number of rotatable bonds is 3. The van der Waals surface area contributed by atoms with E-state index >= 15 is 0 Å². The second-order valence-corrected chi connectivity index (χ2v) is 8.79. The first-order chi connectivity index (χ1) is 14.5. The minimum absolute atomic E-state index is 0.00646. The summed E-state index contributed by atoms with van der Waals surface area (Å²) in [6.07, 6.45) is 0. The Balaban J connectivity index is 1.67. The van der Waals surface area contributed by atoms with Crippen LogP contribution in [0.3, 0.4) is 0 Å². The fourth-order valence-corrected chi connectivity index (χ4v) is 5.01. The van der Waals surface area contributed by atoms with Crippen LogP contribution in [0.25, 0.3) is 5.76 Å². The molecule has 8 nitrogen and oxygen atoms in total. The summed E-state index contributed by atoms with van der Waals surface area (Å²) in [5, 5.41) is 22.0. The van der Waals surface area contributed by atoms with Crippen molar-refractivity contribution in [2.24, 2.45) is 0 Å². The Morgan fingerprint density at radius 2 is 1.97 bits per heavy atom. The van der Waals surface area contributed by atoms with Gasteiger partial charge in [-0.3, -0.25) is 14.5 Å². The summed E-state index contributed by atoms with van der Waals surface area (Å²) in [5.74, 6) is -0.742. The number of Topliss-reactive ketones (excluding diaryl/α,β-unsaturated/α-hetero) is 1. The van der Waals surface area contributed by atoms with Crippen LogP contribution in [0.1, 0.15) is 21.5 Å². The van der Waals surface area contributed by atoms with Crippen LogP contribution in [0.2, 0.25) is 0 Å². The Labute approximate surface area is 179 Å². The smallest absolute Gasteiger partial charge is 0.301 e. The molecule has 0 spiro atoms. The molecule has 1 aromatic carbocycles. The summed E-state index contributed by atoms with van der Waals surface area (Å²) in [6, 6.07) is 7.78. The van der Waals surface area contributed by atoms with Crippen LogP contribution < -0.4 is 14.4 Å². The highest BCUT2D eigenvalue weighted by Gasteiger charge is 2.48. The Hall–Kier alpha value is -3.24. The number of anilines is 1. The molecule has 1 amide bonds. The Morgan fingerprint density at radius 3 is 2.67 bits per heavy atom. The van der Waals surface area contributed by atoms with E-state index in [4.69, 9.17) is 9.47 Å². The SMILES string of the molecule is Cc1nnc(N2C(=O)C(=O)/C(=C(/O)c3ccc4c(c3)OCCO4)C2c2cccs2)s1. The van der Waals surface area contributed by atoms with Crippen LogP contribution in [0.4, 0.5) is 5.13 Å². The van der Waals surface area contributed by atoms with Gasteiger partial charge in [0.25, 0.3) is 5.78 Å². The number of carbonyl (C=O) groups is 2. The molecule has 0 bridgehead atoms. The highest BCUT2D eigenvalue weighted by atomic mass is 32.1. The number of aliphatic hydroxyl groups excluding tert-OH is 1. The van der Waals surface area contributed by atoms with Gasteiger partial charge in [-0.2, -0.15) is 0 Å². The van der Waals surface area contributed by atoms with Crippen molar-refractivity contribution in [3.8, 4) is 11.5 Å². The van der Waals surface area contributed by atoms with Gasteiger partial charge in [0.1, 0.15) is 30.0 Å². The number of benzene rings is 1. The maximum atomic E-state index is 13.0. The molecule has 30 heavy (non-hydrogen) atoms. The van der Waals surface area contributed by atoms with Gasteiger partial charge in [-0.05, 0) is 36.6 Å². The van der Waals surface area contributed by atoms with Gasteiger partial charge in [0.2, 0.25) is 5.13 Å². The molecule has 1 fully saturated rings. The number of nitrogens with zero attached hydrogens (tertiary/aromatic N) is 3. The lowest BCUT2D eigenvalue weighted by molar-refractivity contribution is -0.132. The van der Waals surface area contributed by atoms with E-state index in [2.05, 4.69) is 10.2 Å². The van der Waals surface area contributed by atoms with Gasteiger partial charge in [0, 0.05) is 10.4 Å². The van der Waals surface area contributed by atoms with Crippen molar-refractivity contribution in [1.29, 1.82) is 0 Å². The lowest BCUT2D eigenvalue weighted by Gasteiger charge is -2.21. The van der Waals surface area contributed by atoms with Gasteiger partial charge in [0.05, 0.1) is 5.57 Å². The number of fused-ring (bicyclic) bond motifs is 1. The number of aromatic nitrogens is 2. The zero-order valence-electron chi connectivity index (χ0n) is 15.7. The average Bonchev–Trinajstić information content (AvgIpc) is 3.48. The van der Waals surface area contributed by atoms with Gasteiger partial charge < -0.3 is 14.6 Å². The molecule has 152 valence electrons. The van der Waals surface area contributed by atoms with Crippen molar-refractivity contribution in [3.05, 3.63) is 56.7 Å². The van der Waals surface area contributed by atoms with E-state index in [-0.39, 0.29) is 11.3 Å². The molecule has 1 N–H and O–H groups in total. The highest BCUT2D eigenvalue weighted by molar-refractivity contribution is 7.15. The van der Waals surface area contributed by atoms with Crippen molar-refractivity contribution < 1.29 is 24.2 Å². The first-order valence-electron chi connectivity index (χ1n) is 9.09. The summed E-state index contributed by atoms with van der Waals surface area (Å²) < 4.78 is 11.1. The normalized spacial score (nSPS) is 20.0. The molecular weight excluding hydrogens is 426 g/mol. The molecule has 2 aromatic heterocycles. The predicted molar refractivity (Wildman–Crippen MR) is 111 cm³/mol. The molecule has 2 aliphatic heterocycles. The number of ketones is 1. The monoisotopic (exact) mass is 441 g/mol. The summed E-state index contributed by atoms with van der Waals surface area (Å²) >= 11 is 2.60. The van der Waals surface area contributed by atoms with E-state index in [0.29, 0.717) is 40.4 Å². The Kier molecular flexibility index (Phi) is 4.52. The minimum Gasteiger partial charge on any atom is -0.507 e. The maximum absolute atomic E-state index is 13.0. The zero-order chi connectivity index (χ0) is 20.8. The number of amides is 1. The van der Waals surface area contributed by atoms with Crippen LogP contribution in [0.15, 0.2) is 41.3 Å². The van der Waals surface area contributed by atoms with Crippen LogP contribution in [0, 0.1) is 6.92 Å². The van der Waals surface area contributed by atoms with E-state index in [1.807, 2.05) is 17.5 Å². The molecule has 0 radical (unpaired) electrons. The number of thiophene rings is 1. The van der Waals surface area contributed by atoms with Gasteiger partial charge in [-0.15, -0.1) is 21.5 Å². The molecule has 1 atom stereocenters. The molecule has 2 aliphatic rings. The average molecular weight is 441 g/mol. The second kappa shape index (κ2) is 7.22. The molecule has 5 rings (SSSR count). The number of aryl methyl sites for hydroxylation is 1. The summed E-state index contributed by atoms with van der Waals surface area (Å²) in [6.45, 7) is 2.61. The van der Waals surface area contributed by atoms with E-state index in [1.165, 1.54) is 27.6 Å².